The van der Waals surface area contributed by atoms with Crippen molar-refractivity contribution in [2.24, 2.45) is 4.99 Å². The summed E-state index contributed by atoms with van der Waals surface area (Å²) in [6.07, 6.45) is -0.737. The van der Waals surface area contributed by atoms with Gasteiger partial charge in [-0.1, -0.05) is 17.7 Å². The van der Waals surface area contributed by atoms with Crippen molar-refractivity contribution in [3.05, 3.63) is 56.7 Å². The predicted molar refractivity (Wildman–Crippen MR) is 93.6 cm³/mol. The quantitative estimate of drug-likeness (QED) is 0.554. The maximum Gasteiger partial charge on any atom is 0.191 e. The van der Waals surface area contributed by atoms with E-state index in [9.17, 15) is 13.9 Å². The van der Waals surface area contributed by atoms with Crippen molar-refractivity contribution in [2.75, 3.05) is 13.6 Å². The SMILES string of the molecule is CN=C(NCC(O)c1ccc(Cl)s1)NC(C)c1ccc(F)cc1F. The van der Waals surface area contributed by atoms with Crippen molar-refractivity contribution in [2.45, 2.75) is 19.1 Å². The summed E-state index contributed by atoms with van der Waals surface area (Å²) in [6, 6.07) is 6.48. The van der Waals surface area contributed by atoms with E-state index >= 15 is 0 Å². The highest BCUT2D eigenvalue weighted by atomic mass is 35.5. The lowest BCUT2D eigenvalue weighted by atomic mass is 10.1. The first-order valence-corrected chi connectivity index (χ1v) is 8.45. The van der Waals surface area contributed by atoms with Crippen molar-refractivity contribution >= 4 is 28.9 Å². The molecule has 1 heterocycles. The molecule has 0 aliphatic carbocycles. The topological polar surface area (TPSA) is 56.7 Å². The highest BCUT2D eigenvalue weighted by Crippen LogP contribution is 2.26. The number of nitrogens with one attached hydrogen (secondary N) is 2. The lowest BCUT2D eigenvalue weighted by Crippen LogP contribution is -2.40. The Balaban J connectivity index is 1.94. The number of rotatable bonds is 5. The molecule has 2 rings (SSSR count). The second kappa shape index (κ2) is 8.41. The summed E-state index contributed by atoms with van der Waals surface area (Å²) < 4.78 is 27.4. The van der Waals surface area contributed by atoms with E-state index in [0.717, 1.165) is 10.9 Å². The first-order chi connectivity index (χ1) is 11.4. The van der Waals surface area contributed by atoms with Crippen LogP contribution < -0.4 is 10.6 Å². The molecular formula is C16H18ClF2N3OS. The van der Waals surface area contributed by atoms with E-state index in [1.807, 2.05) is 0 Å². The van der Waals surface area contributed by atoms with Crippen LogP contribution in [0.15, 0.2) is 35.3 Å². The zero-order chi connectivity index (χ0) is 17.7. The third-order valence-electron chi connectivity index (χ3n) is 3.39. The summed E-state index contributed by atoms with van der Waals surface area (Å²) in [5.74, 6) is -0.852. The molecule has 1 aromatic carbocycles. The minimum Gasteiger partial charge on any atom is -0.386 e. The molecule has 2 unspecified atom stereocenters. The summed E-state index contributed by atoms with van der Waals surface area (Å²) >= 11 is 7.15. The molecule has 0 radical (unpaired) electrons. The Morgan fingerprint density at radius 2 is 2.08 bits per heavy atom. The van der Waals surface area contributed by atoms with Crippen LogP contribution in [0.3, 0.4) is 0 Å². The lowest BCUT2D eigenvalue weighted by molar-refractivity contribution is 0.184. The van der Waals surface area contributed by atoms with E-state index in [2.05, 4.69) is 15.6 Å². The van der Waals surface area contributed by atoms with Gasteiger partial charge in [-0.2, -0.15) is 0 Å². The molecule has 0 amide bonds. The van der Waals surface area contributed by atoms with Crippen LogP contribution in [-0.2, 0) is 0 Å². The Bertz CT molecular complexity index is 723. The van der Waals surface area contributed by atoms with Gasteiger partial charge in [-0.05, 0) is 25.1 Å². The van der Waals surface area contributed by atoms with Gasteiger partial charge in [0.05, 0.1) is 10.4 Å². The van der Waals surface area contributed by atoms with Crippen molar-refractivity contribution in [1.29, 1.82) is 0 Å². The normalized spacial score (nSPS) is 14.3. The molecule has 8 heteroatoms. The van der Waals surface area contributed by atoms with Gasteiger partial charge in [0.1, 0.15) is 17.7 Å². The van der Waals surface area contributed by atoms with Crippen LogP contribution in [0.1, 0.15) is 29.5 Å². The van der Waals surface area contributed by atoms with Crippen LogP contribution in [0.4, 0.5) is 8.78 Å². The van der Waals surface area contributed by atoms with E-state index in [-0.39, 0.29) is 6.54 Å². The monoisotopic (exact) mass is 373 g/mol. The Hall–Kier alpha value is -1.70. The molecule has 24 heavy (non-hydrogen) atoms. The second-order valence-electron chi connectivity index (χ2n) is 5.14. The van der Waals surface area contributed by atoms with Crippen LogP contribution >= 0.6 is 22.9 Å². The van der Waals surface area contributed by atoms with Gasteiger partial charge in [-0.15, -0.1) is 11.3 Å². The number of thiophene rings is 1. The van der Waals surface area contributed by atoms with Crippen molar-refractivity contribution < 1.29 is 13.9 Å². The number of hydrogen-bond donors (Lipinski definition) is 3. The number of benzene rings is 1. The Labute approximate surface area is 148 Å². The van der Waals surface area contributed by atoms with E-state index in [1.165, 1.54) is 23.5 Å². The molecule has 2 atom stereocenters. The van der Waals surface area contributed by atoms with Gasteiger partial charge in [0, 0.05) is 30.1 Å². The summed E-state index contributed by atoms with van der Waals surface area (Å²) in [7, 11) is 1.57. The smallest absolute Gasteiger partial charge is 0.191 e. The third kappa shape index (κ3) is 4.90. The van der Waals surface area contributed by atoms with Crippen LogP contribution in [-0.4, -0.2) is 24.7 Å². The number of halogens is 3. The minimum atomic E-state index is -0.737. The van der Waals surface area contributed by atoms with Crippen LogP contribution in [0.25, 0.3) is 0 Å². The molecule has 0 spiro atoms. The maximum atomic E-state index is 13.8. The molecule has 130 valence electrons. The number of aliphatic hydroxyl groups is 1. The van der Waals surface area contributed by atoms with Gasteiger partial charge in [0.25, 0.3) is 0 Å². The molecule has 0 bridgehead atoms. The zero-order valence-electron chi connectivity index (χ0n) is 13.2. The summed E-state index contributed by atoms with van der Waals surface area (Å²) in [6.45, 7) is 1.95. The largest absolute Gasteiger partial charge is 0.386 e. The van der Waals surface area contributed by atoms with E-state index < -0.39 is 23.8 Å². The maximum absolute atomic E-state index is 13.8. The summed E-state index contributed by atoms with van der Waals surface area (Å²) in [4.78, 5) is 4.77. The molecule has 0 saturated carbocycles. The fraction of sp³-hybridized carbons (Fsp3) is 0.312. The Morgan fingerprint density at radius 3 is 2.67 bits per heavy atom. The van der Waals surface area contributed by atoms with E-state index in [0.29, 0.717) is 15.9 Å². The number of guanidine groups is 1. The predicted octanol–water partition coefficient (Wildman–Crippen LogP) is 3.64. The molecular weight excluding hydrogens is 356 g/mol. The highest BCUT2D eigenvalue weighted by Gasteiger charge is 2.15. The Morgan fingerprint density at radius 1 is 1.33 bits per heavy atom. The molecule has 4 nitrogen and oxygen atoms in total. The highest BCUT2D eigenvalue weighted by molar-refractivity contribution is 7.16. The first kappa shape index (κ1) is 18.6. The molecule has 1 aromatic heterocycles. The number of nitrogens with zero attached hydrogens (tertiary/aromatic N) is 1. The fourth-order valence-electron chi connectivity index (χ4n) is 2.13. The molecule has 0 aliphatic rings. The fourth-order valence-corrected chi connectivity index (χ4v) is 3.18. The zero-order valence-corrected chi connectivity index (χ0v) is 14.8. The van der Waals surface area contributed by atoms with Gasteiger partial charge in [-0.25, -0.2) is 8.78 Å². The van der Waals surface area contributed by atoms with Crippen molar-refractivity contribution in [3.8, 4) is 0 Å². The second-order valence-corrected chi connectivity index (χ2v) is 6.89. The van der Waals surface area contributed by atoms with E-state index in [4.69, 9.17) is 11.6 Å². The van der Waals surface area contributed by atoms with Gasteiger partial charge in [0.15, 0.2) is 5.96 Å². The third-order valence-corrected chi connectivity index (χ3v) is 4.72. The molecule has 2 aromatic rings. The average Bonchev–Trinajstić information content (AvgIpc) is 2.97. The molecule has 0 saturated heterocycles. The van der Waals surface area contributed by atoms with Crippen LogP contribution in [0.5, 0.6) is 0 Å². The molecule has 0 fully saturated rings. The number of aliphatic imine (C=N–C) groups is 1. The summed E-state index contributed by atoms with van der Waals surface area (Å²) in [5, 5.41) is 16.1. The average molecular weight is 374 g/mol. The summed E-state index contributed by atoms with van der Waals surface area (Å²) in [5.41, 5.74) is 0.324. The van der Waals surface area contributed by atoms with Crippen molar-refractivity contribution in [3.63, 3.8) is 0 Å². The van der Waals surface area contributed by atoms with Crippen LogP contribution in [0.2, 0.25) is 4.34 Å². The van der Waals surface area contributed by atoms with Gasteiger partial charge in [0.2, 0.25) is 0 Å². The van der Waals surface area contributed by atoms with Crippen molar-refractivity contribution in [1.82, 2.24) is 10.6 Å². The van der Waals surface area contributed by atoms with E-state index in [1.54, 1.807) is 26.1 Å². The molecule has 3 N–H and O–H groups in total. The van der Waals surface area contributed by atoms with Crippen LogP contribution in [0, 0.1) is 11.6 Å². The minimum absolute atomic E-state index is 0.217. The van der Waals surface area contributed by atoms with Gasteiger partial charge >= 0.3 is 0 Å². The number of hydrogen-bond acceptors (Lipinski definition) is 3. The first-order valence-electron chi connectivity index (χ1n) is 7.26. The standard InChI is InChI=1S/C16H18ClF2N3OS/c1-9(11-4-3-10(18)7-12(11)19)22-16(20-2)21-8-13(23)14-5-6-15(17)24-14/h3-7,9,13,23H,8H2,1-2H3,(H2,20,21,22). The van der Waals surface area contributed by atoms with Gasteiger partial charge < -0.3 is 15.7 Å². The molecule has 0 aliphatic heterocycles. The van der Waals surface area contributed by atoms with Gasteiger partial charge in [-0.3, -0.25) is 4.99 Å². The number of aliphatic hydroxyl groups excluding tert-OH is 1. The lowest BCUT2D eigenvalue weighted by Gasteiger charge is -2.20. The Kier molecular flexibility index (Phi) is 6.53.